The predicted molar refractivity (Wildman–Crippen MR) is 92.4 cm³/mol. The van der Waals surface area contributed by atoms with Gasteiger partial charge in [-0.1, -0.05) is 59.2 Å². The van der Waals surface area contributed by atoms with Gasteiger partial charge in [0.25, 0.3) is 0 Å². The minimum Gasteiger partial charge on any atom is -0.478 e. The van der Waals surface area contributed by atoms with Crippen LogP contribution in [0.3, 0.4) is 0 Å². The maximum absolute atomic E-state index is 10.5. The van der Waals surface area contributed by atoms with Gasteiger partial charge in [0.1, 0.15) is 4.34 Å². The van der Waals surface area contributed by atoms with E-state index >= 15 is 0 Å². The molecule has 1 rings (SSSR count). The summed E-state index contributed by atoms with van der Waals surface area (Å²) in [6, 6.07) is 0. The summed E-state index contributed by atoms with van der Waals surface area (Å²) < 4.78 is 1.38. The third-order valence-corrected chi connectivity index (χ3v) is 4.51. The van der Waals surface area contributed by atoms with Crippen LogP contribution >= 0.6 is 34.5 Å². The van der Waals surface area contributed by atoms with Gasteiger partial charge in [-0.3, -0.25) is 0 Å². The van der Waals surface area contributed by atoms with Crippen LogP contribution in [0.1, 0.15) is 25.0 Å². The van der Waals surface area contributed by atoms with Crippen LogP contribution in [0, 0.1) is 6.92 Å². The maximum atomic E-state index is 10.5. The van der Waals surface area contributed by atoms with E-state index in [1.165, 1.54) is 11.3 Å². The van der Waals surface area contributed by atoms with Crippen LogP contribution in [0.5, 0.6) is 0 Å². The molecule has 0 amide bonds. The summed E-state index contributed by atoms with van der Waals surface area (Å²) in [5.74, 6) is -0.947. The second-order valence-electron chi connectivity index (χ2n) is 4.52. The third kappa shape index (κ3) is 5.92. The van der Waals surface area contributed by atoms with Crippen LogP contribution in [0.4, 0.5) is 0 Å². The van der Waals surface area contributed by atoms with Gasteiger partial charge in [0, 0.05) is 11.6 Å². The van der Waals surface area contributed by atoms with Crippen molar-refractivity contribution in [2.24, 2.45) is 0 Å². The van der Waals surface area contributed by atoms with Crippen molar-refractivity contribution in [2.45, 2.75) is 20.8 Å². The molecule has 1 aromatic rings. The summed E-state index contributed by atoms with van der Waals surface area (Å²) in [4.78, 5) is 10.5. The highest BCUT2D eigenvalue weighted by Crippen LogP contribution is 2.36. The molecule has 5 heteroatoms. The van der Waals surface area contributed by atoms with Crippen LogP contribution in [0.15, 0.2) is 41.5 Å². The third-order valence-electron chi connectivity index (χ3n) is 2.67. The van der Waals surface area contributed by atoms with Gasteiger partial charge in [-0.25, -0.2) is 4.79 Å². The molecule has 1 aromatic heterocycles. The molecule has 21 heavy (non-hydrogen) atoms. The first-order valence-corrected chi connectivity index (χ1v) is 7.77. The van der Waals surface area contributed by atoms with Crippen molar-refractivity contribution in [1.82, 2.24) is 0 Å². The minimum absolute atomic E-state index is 0.678. The van der Waals surface area contributed by atoms with Gasteiger partial charge in [-0.2, -0.15) is 0 Å². The molecule has 0 aliphatic rings. The van der Waals surface area contributed by atoms with Gasteiger partial charge in [-0.05, 0) is 31.9 Å². The van der Waals surface area contributed by atoms with Gasteiger partial charge in [0.15, 0.2) is 0 Å². The van der Waals surface area contributed by atoms with Gasteiger partial charge in [-0.15, -0.1) is 11.3 Å². The minimum atomic E-state index is -0.947. The molecule has 0 aliphatic carbocycles. The Morgan fingerprint density at radius 3 is 2.33 bits per heavy atom. The quantitative estimate of drug-likeness (QED) is 0.533. The molecule has 0 saturated carbocycles. The van der Waals surface area contributed by atoms with E-state index in [9.17, 15) is 4.79 Å². The fourth-order valence-electron chi connectivity index (χ4n) is 1.52. The van der Waals surface area contributed by atoms with Crippen molar-refractivity contribution in [3.8, 4) is 0 Å². The van der Waals surface area contributed by atoms with Crippen molar-refractivity contribution in [3.63, 3.8) is 0 Å². The maximum Gasteiger partial charge on any atom is 0.328 e. The number of allylic oxidation sites excluding steroid dienone is 6. The van der Waals surface area contributed by atoms with Gasteiger partial charge in [0.05, 0.1) is 4.34 Å². The van der Waals surface area contributed by atoms with Crippen LogP contribution in [0.25, 0.3) is 6.08 Å². The summed E-state index contributed by atoms with van der Waals surface area (Å²) in [6.45, 7) is 5.62. The highest BCUT2D eigenvalue weighted by atomic mass is 35.5. The largest absolute Gasteiger partial charge is 0.478 e. The normalized spacial score (nSPS) is 13.6. The summed E-state index contributed by atoms with van der Waals surface area (Å²) in [7, 11) is 0. The fourth-order valence-corrected chi connectivity index (χ4v) is 3.16. The van der Waals surface area contributed by atoms with E-state index in [4.69, 9.17) is 28.3 Å². The summed E-state index contributed by atoms with van der Waals surface area (Å²) in [6.07, 6.45) is 10.5. The highest BCUT2D eigenvalue weighted by molar-refractivity contribution is 7.20. The molecular formula is C16H16Cl2O2S. The zero-order valence-electron chi connectivity index (χ0n) is 12.0. The number of hydrogen-bond acceptors (Lipinski definition) is 2. The second kappa shape index (κ2) is 8.23. The van der Waals surface area contributed by atoms with Crippen molar-refractivity contribution >= 4 is 46.6 Å². The molecule has 1 N–H and O–H groups in total. The molecule has 0 atom stereocenters. The Morgan fingerprint density at radius 1 is 1.14 bits per heavy atom. The van der Waals surface area contributed by atoms with Gasteiger partial charge >= 0.3 is 5.97 Å². The Balaban J connectivity index is 2.79. The molecule has 0 bridgehead atoms. The molecule has 0 radical (unpaired) electrons. The average molecular weight is 343 g/mol. The van der Waals surface area contributed by atoms with E-state index in [1.807, 2.05) is 38.2 Å². The molecule has 1 heterocycles. The lowest BCUT2D eigenvalue weighted by molar-refractivity contribution is -0.131. The molecule has 0 aliphatic heterocycles. The van der Waals surface area contributed by atoms with E-state index in [2.05, 4.69) is 0 Å². The molecule has 112 valence electrons. The Hall–Kier alpha value is -1.29. The number of carboxylic acid groups (broad SMARTS) is 1. The van der Waals surface area contributed by atoms with Crippen LogP contribution in [-0.4, -0.2) is 11.1 Å². The number of rotatable bonds is 5. The number of halogens is 2. The molecule has 0 fully saturated rings. The van der Waals surface area contributed by atoms with Crippen molar-refractivity contribution in [3.05, 3.63) is 61.3 Å². The fraction of sp³-hybridized carbons (Fsp3) is 0.188. The second-order valence-corrected chi connectivity index (χ2v) is 6.74. The molecule has 2 nitrogen and oxygen atoms in total. The van der Waals surface area contributed by atoms with E-state index < -0.39 is 5.97 Å². The lowest BCUT2D eigenvalue weighted by atomic mass is 10.1. The first-order valence-electron chi connectivity index (χ1n) is 6.20. The standard InChI is InChI=1S/C16H16Cl2O2S/c1-10(5-4-6-11(2)9-14(19)20)7-8-13-12(3)15(17)21-16(13)18/h4-9H,1-3H3,(H,19,20)/b6-4+,8-7+,10-5+,11-9+. The first kappa shape index (κ1) is 17.8. The van der Waals surface area contributed by atoms with Crippen LogP contribution < -0.4 is 0 Å². The van der Waals surface area contributed by atoms with Crippen molar-refractivity contribution in [1.29, 1.82) is 0 Å². The average Bonchev–Trinajstić information content (AvgIpc) is 2.60. The lowest BCUT2D eigenvalue weighted by Gasteiger charge is -1.94. The summed E-state index contributed by atoms with van der Waals surface area (Å²) >= 11 is 13.5. The topological polar surface area (TPSA) is 37.3 Å². The molecule has 0 aromatic carbocycles. The highest BCUT2D eigenvalue weighted by Gasteiger charge is 2.08. The Kier molecular flexibility index (Phi) is 6.96. The van der Waals surface area contributed by atoms with Crippen molar-refractivity contribution in [2.75, 3.05) is 0 Å². The van der Waals surface area contributed by atoms with Gasteiger partial charge < -0.3 is 5.11 Å². The number of carbonyl (C=O) groups is 1. The van der Waals surface area contributed by atoms with Crippen molar-refractivity contribution < 1.29 is 9.90 Å². The number of hydrogen-bond donors (Lipinski definition) is 1. The van der Waals surface area contributed by atoms with Gasteiger partial charge in [0.2, 0.25) is 0 Å². The number of thiophene rings is 1. The van der Waals surface area contributed by atoms with E-state index in [1.54, 1.807) is 13.0 Å². The number of carboxylic acids is 1. The Morgan fingerprint density at radius 2 is 1.81 bits per heavy atom. The Labute approximate surface area is 138 Å². The van der Waals surface area contributed by atoms with E-state index in [-0.39, 0.29) is 0 Å². The monoisotopic (exact) mass is 342 g/mol. The molecule has 0 unspecified atom stereocenters. The zero-order valence-corrected chi connectivity index (χ0v) is 14.3. The van der Waals surface area contributed by atoms with E-state index in [0.717, 1.165) is 22.8 Å². The van der Waals surface area contributed by atoms with Crippen LogP contribution in [0.2, 0.25) is 8.67 Å². The molecular weight excluding hydrogens is 327 g/mol. The number of aliphatic carboxylic acids is 1. The summed E-state index contributed by atoms with van der Waals surface area (Å²) in [5, 5.41) is 8.60. The van der Waals surface area contributed by atoms with Crippen LogP contribution in [-0.2, 0) is 4.79 Å². The predicted octanol–water partition coefficient (Wildman–Crippen LogP) is 5.91. The molecule has 0 saturated heterocycles. The smallest absolute Gasteiger partial charge is 0.328 e. The first-order chi connectivity index (χ1) is 9.81. The SMILES string of the molecule is CC(/C=C/c1c(Cl)sc(Cl)c1C)=C\C=C\C(C)=C\C(=O)O. The Bertz CT molecular complexity index is 649. The summed E-state index contributed by atoms with van der Waals surface area (Å²) in [5.41, 5.74) is 3.61. The molecule has 0 spiro atoms. The van der Waals surface area contributed by atoms with E-state index in [0.29, 0.717) is 14.2 Å². The zero-order chi connectivity index (χ0) is 16.0. The lowest BCUT2D eigenvalue weighted by Crippen LogP contribution is -1.87.